The number of methoxy groups -OCH3 is 3. The van der Waals surface area contributed by atoms with Crippen LogP contribution in [-0.4, -0.2) is 55.6 Å². The molecule has 0 spiro atoms. The molecule has 1 aliphatic heterocycles. The molecule has 3 rings (SSSR count). The van der Waals surface area contributed by atoms with Gasteiger partial charge in [0.1, 0.15) is 0 Å². The number of nitrogens with one attached hydrogen (secondary N) is 1. The predicted molar refractivity (Wildman–Crippen MR) is 109 cm³/mol. The molecule has 7 heteroatoms. The van der Waals surface area contributed by atoms with Gasteiger partial charge < -0.3 is 19.2 Å². The molecule has 0 bridgehead atoms. The Morgan fingerprint density at radius 3 is 2.28 bits per heavy atom. The van der Waals surface area contributed by atoms with Crippen molar-refractivity contribution in [1.29, 1.82) is 0 Å². The Kier molecular flexibility index (Phi) is 5.98. The number of carbonyl (C=O) groups is 2. The van der Waals surface area contributed by atoms with Crippen molar-refractivity contribution in [2.45, 2.75) is 39.8 Å². The minimum Gasteiger partial charge on any atom is -0.493 e. The quantitative estimate of drug-likeness (QED) is 0.593. The highest BCUT2D eigenvalue weighted by Gasteiger charge is 2.30. The number of hydrogen-bond acceptors (Lipinski definition) is 6. The fourth-order valence-corrected chi connectivity index (χ4v) is 4.01. The lowest BCUT2D eigenvalue weighted by atomic mass is 9.96. The molecule has 0 unspecified atom stereocenters. The van der Waals surface area contributed by atoms with E-state index in [2.05, 4.69) is 9.88 Å². The van der Waals surface area contributed by atoms with Crippen LogP contribution in [0.3, 0.4) is 0 Å². The number of aryl methyl sites for hydroxylation is 1. The summed E-state index contributed by atoms with van der Waals surface area (Å²) in [4.78, 5) is 30.5. The monoisotopic (exact) mass is 400 g/mol. The minimum absolute atomic E-state index is 0.0373. The smallest absolute Gasteiger partial charge is 0.339 e. The highest BCUT2D eigenvalue weighted by molar-refractivity contribution is 6.03. The highest BCUT2D eigenvalue weighted by atomic mass is 16.5. The van der Waals surface area contributed by atoms with Gasteiger partial charge in [0.05, 0.1) is 38.6 Å². The van der Waals surface area contributed by atoms with Crippen LogP contribution in [0.4, 0.5) is 0 Å². The van der Waals surface area contributed by atoms with Crippen molar-refractivity contribution in [2.24, 2.45) is 0 Å². The van der Waals surface area contributed by atoms with Crippen LogP contribution in [0.2, 0.25) is 0 Å². The summed E-state index contributed by atoms with van der Waals surface area (Å²) in [6.45, 7) is 6.86. The van der Waals surface area contributed by atoms with E-state index in [1.807, 2.05) is 19.1 Å². The van der Waals surface area contributed by atoms with Gasteiger partial charge in [0.15, 0.2) is 17.3 Å². The highest BCUT2D eigenvalue weighted by Crippen LogP contribution is 2.34. The summed E-state index contributed by atoms with van der Waals surface area (Å²) in [5, 5.41) is 0. The minimum atomic E-state index is -0.434. The Morgan fingerprint density at radius 1 is 1.07 bits per heavy atom. The maximum atomic E-state index is 13.2. The van der Waals surface area contributed by atoms with E-state index >= 15 is 0 Å². The van der Waals surface area contributed by atoms with Gasteiger partial charge in [-0.25, -0.2) is 4.79 Å². The molecule has 1 aliphatic rings. The molecule has 0 fully saturated rings. The van der Waals surface area contributed by atoms with Gasteiger partial charge in [0.2, 0.25) is 0 Å². The lowest BCUT2D eigenvalue weighted by molar-refractivity contribution is 0.0599. The van der Waals surface area contributed by atoms with Crippen molar-refractivity contribution in [1.82, 2.24) is 9.88 Å². The number of fused-ring (bicyclic) bond motifs is 1. The first-order valence-electron chi connectivity index (χ1n) is 9.61. The molecule has 29 heavy (non-hydrogen) atoms. The van der Waals surface area contributed by atoms with Gasteiger partial charge in [0.25, 0.3) is 0 Å². The van der Waals surface area contributed by atoms with E-state index in [9.17, 15) is 9.59 Å². The molecule has 156 valence electrons. The lowest BCUT2D eigenvalue weighted by Crippen LogP contribution is -2.42. The zero-order valence-electron chi connectivity index (χ0n) is 17.8. The van der Waals surface area contributed by atoms with Gasteiger partial charge in [-0.05, 0) is 56.0 Å². The summed E-state index contributed by atoms with van der Waals surface area (Å²) in [6, 6.07) is 3.66. The number of H-pyrrole nitrogens is 1. The number of nitrogens with zero attached hydrogens (tertiary/aromatic N) is 1. The Labute approximate surface area is 170 Å². The summed E-state index contributed by atoms with van der Waals surface area (Å²) in [5.41, 5.74) is 4.51. The van der Waals surface area contributed by atoms with Crippen molar-refractivity contribution in [3.05, 3.63) is 45.8 Å². The third kappa shape index (κ3) is 3.74. The molecule has 1 N–H and O–H groups in total. The van der Waals surface area contributed by atoms with Crippen molar-refractivity contribution in [3.8, 4) is 11.5 Å². The maximum absolute atomic E-state index is 13.2. The van der Waals surface area contributed by atoms with Crippen molar-refractivity contribution in [3.63, 3.8) is 0 Å². The number of esters is 1. The molecule has 7 nitrogen and oxygen atoms in total. The molecule has 0 aliphatic carbocycles. The first kappa shape index (κ1) is 20.9. The van der Waals surface area contributed by atoms with Crippen LogP contribution in [0.25, 0.3) is 0 Å². The zero-order valence-corrected chi connectivity index (χ0v) is 17.8. The van der Waals surface area contributed by atoms with Crippen LogP contribution in [0, 0.1) is 13.8 Å². The van der Waals surface area contributed by atoms with Gasteiger partial charge in [-0.1, -0.05) is 0 Å². The Morgan fingerprint density at radius 2 is 1.69 bits per heavy atom. The number of ether oxygens (including phenoxy) is 3. The average Bonchev–Trinajstić information content (AvgIpc) is 3.04. The van der Waals surface area contributed by atoms with Crippen LogP contribution in [0.5, 0.6) is 11.5 Å². The standard InChI is InChI=1S/C22H28N2O5/c1-12-19(22(26)29-6)13(2)23-20(12)21(25)14(3)24-8-7-15-9-17(27-4)18(28-5)10-16(15)11-24/h9-10,14,23H,7-8,11H2,1-6H3/t14-/m0/s1. The normalized spacial score (nSPS) is 14.8. The fraction of sp³-hybridized carbons (Fsp3) is 0.455. The van der Waals surface area contributed by atoms with Gasteiger partial charge >= 0.3 is 5.97 Å². The predicted octanol–water partition coefficient (Wildman–Crippen LogP) is 3.06. The van der Waals surface area contributed by atoms with Gasteiger partial charge in [0, 0.05) is 18.8 Å². The first-order valence-corrected chi connectivity index (χ1v) is 9.61. The van der Waals surface area contributed by atoms with Crippen LogP contribution in [0.15, 0.2) is 12.1 Å². The number of hydrogen-bond donors (Lipinski definition) is 1. The van der Waals surface area contributed by atoms with E-state index in [1.54, 1.807) is 28.1 Å². The number of Topliss-reactive ketones (excluding diaryl/α,β-unsaturated/α-hetero) is 1. The molecule has 2 aromatic rings. The number of ketones is 1. The molecule has 0 amide bonds. The maximum Gasteiger partial charge on any atom is 0.339 e. The van der Waals surface area contributed by atoms with Crippen LogP contribution in [-0.2, 0) is 17.7 Å². The topological polar surface area (TPSA) is 80.9 Å². The second kappa shape index (κ2) is 8.29. The molecule has 0 radical (unpaired) electrons. The van der Waals surface area contributed by atoms with E-state index < -0.39 is 5.97 Å². The third-order valence-corrected chi connectivity index (χ3v) is 5.75. The molecule has 2 heterocycles. The lowest BCUT2D eigenvalue weighted by Gasteiger charge is -2.33. The van der Waals surface area contributed by atoms with Crippen LogP contribution < -0.4 is 9.47 Å². The number of benzene rings is 1. The molecule has 0 saturated carbocycles. The summed E-state index contributed by atoms with van der Waals surface area (Å²) >= 11 is 0. The van der Waals surface area contributed by atoms with E-state index in [0.717, 1.165) is 24.3 Å². The fourth-order valence-electron chi connectivity index (χ4n) is 4.01. The number of aromatic nitrogens is 1. The molecule has 1 aromatic carbocycles. The molecule has 1 aromatic heterocycles. The first-order chi connectivity index (χ1) is 13.8. The van der Waals surface area contributed by atoms with Crippen molar-refractivity contribution >= 4 is 11.8 Å². The average molecular weight is 400 g/mol. The number of rotatable bonds is 6. The van der Waals surface area contributed by atoms with E-state index in [0.29, 0.717) is 34.8 Å². The van der Waals surface area contributed by atoms with Gasteiger partial charge in [-0.3, -0.25) is 9.69 Å². The largest absolute Gasteiger partial charge is 0.493 e. The zero-order chi connectivity index (χ0) is 21.3. The van der Waals surface area contributed by atoms with E-state index in [-0.39, 0.29) is 11.8 Å². The van der Waals surface area contributed by atoms with Crippen LogP contribution >= 0.6 is 0 Å². The Balaban J connectivity index is 1.84. The SMILES string of the molecule is COC(=O)c1c(C)[nH]c(C(=O)[C@H](C)N2CCc3cc(OC)c(OC)cc3C2)c1C. The summed E-state index contributed by atoms with van der Waals surface area (Å²) in [5.74, 6) is 0.933. The number of aromatic amines is 1. The molecular weight excluding hydrogens is 372 g/mol. The summed E-state index contributed by atoms with van der Waals surface area (Å²) < 4.78 is 15.7. The molecule has 1 atom stereocenters. The number of carbonyl (C=O) groups excluding carboxylic acids is 2. The Bertz CT molecular complexity index is 947. The van der Waals surface area contributed by atoms with E-state index in [1.165, 1.54) is 12.7 Å². The Hall–Kier alpha value is -2.80. The third-order valence-electron chi connectivity index (χ3n) is 5.75. The molecule has 0 saturated heterocycles. The van der Waals surface area contributed by atoms with Crippen molar-refractivity contribution < 1.29 is 23.8 Å². The second-order valence-electron chi connectivity index (χ2n) is 7.35. The van der Waals surface area contributed by atoms with E-state index in [4.69, 9.17) is 14.2 Å². The summed E-state index contributed by atoms with van der Waals surface area (Å²) in [6.07, 6.45) is 0.823. The van der Waals surface area contributed by atoms with Gasteiger partial charge in [-0.15, -0.1) is 0 Å². The molecular formula is C22H28N2O5. The van der Waals surface area contributed by atoms with Gasteiger partial charge in [-0.2, -0.15) is 0 Å². The van der Waals surface area contributed by atoms with Crippen molar-refractivity contribution in [2.75, 3.05) is 27.9 Å². The van der Waals surface area contributed by atoms with Crippen LogP contribution in [0.1, 0.15) is 50.2 Å². The second-order valence-corrected chi connectivity index (χ2v) is 7.35. The summed E-state index contributed by atoms with van der Waals surface area (Å²) in [7, 11) is 4.59.